The van der Waals surface area contributed by atoms with Gasteiger partial charge in [-0.1, -0.05) is 12.2 Å². The molecule has 0 spiro atoms. The monoisotopic (exact) mass is 256 g/mol. The first-order chi connectivity index (χ1) is 7.94. The Kier molecular flexibility index (Phi) is 5.08. The molecule has 0 saturated carbocycles. The van der Waals surface area contributed by atoms with Crippen molar-refractivity contribution in [3.63, 3.8) is 0 Å². The quantitative estimate of drug-likeness (QED) is 0.316. The van der Waals surface area contributed by atoms with E-state index in [0.717, 1.165) is 12.7 Å². The van der Waals surface area contributed by atoms with Gasteiger partial charge in [0.05, 0.1) is 12.3 Å². The molecular weight excluding hydrogens is 236 g/mol. The summed E-state index contributed by atoms with van der Waals surface area (Å²) in [5.74, 6) is -1.07. The van der Waals surface area contributed by atoms with Crippen molar-refractivity contribution in [3.8, 4) is 0 Å². The Hall–Kier alpha value is -0.943. The van der Waals surface area contributed by atoms with Gasteiger partial charge in [0.25, 0.3) is 0 Å². The van der Waals surface area contributed by atoms with Crippen molar-refractivity contribution >= 4 is 20.3 Å². The molecule has 0 aromatic heterocycles. The maximum atomic E-state index is 11.2. The molecule has 1 heterocycles. The zero-order chi connectivity index (χ0) is 12.9. The van der Waals surface area contributed by atoms with Gasteiger partial charge in [-0.15, -0.1) is 0 Å². The number of allylic oxidation sites excluding steroid dienone is 2. The number of cyclic esters (lactones) is 2. The molecule has 0 radical (unpaired) electrons. The molecule has 1 saturated heterocycles. The lowest BCUT2D eigenvalue weighted by molar-refractivity contribution is -0.153. The molecule has 1 aliphatic rings. The molecular formula is C12H20O4Si. The number of hydrogen-bond acceptors (Lipinski definition) is 4. The predicted molar refractivity (Wildman–Crippen MR) is 66.9 cm³/mol. The van der Waals surface area contributed by atoms with Crippen LogP contribution in [0.5, 0.6) is 0 Å². The molecule has 17 heavy (non-hydrogen) atoms. The predicted octanol–water partition coefficient (Wildman–Crippen LogP) is 2.26. The maximum Gasteiger partial charge on any atom is 0.317 e. The summed E-state index contributed by atoms with van der Waals surface area (Å²) in [5, 5.41) is 0. The van der Waals surface area contributed by atoms with Crippen molar-refractivity contribution in [3.05, 3.63) is 12.2 Å². The second-order valence-electron chi connectivity index (χ2n) is 4.80. The van der Waals surface area contributed by atoms with Crippen molar-refractivity contribution in [2.45, 2.75) is 38.9 Å². The van der Waals surface area contributed by atoms with Crippen LogP contribution in [-0.2, 0) is 18.8 Å². The van der Waals surface area contributed by atoms with E-state index in [2.05, 4.69) is 23.9 Å². The average Bonchev–Trinajstić information content (AvgIpc) is 2.52. The molecule has 0 aliphatic carbocycles. The molecule has 0 N–H and O–H groups in total. The molecule has 1 unspecified atom stereocenters. The highest BCUT2D eigenvalue weighted by Crippen LogP contribution is 2.20. The highest BCUT2D eigenvalue weighted by molar-refractivity contribution is 6.71. The summed E-state index contributed by atoms with van der Waals surface area (Å²) >= 11 is 0. The fourth-order valence-electron chi connectivity index (χ4n) is 1.78. The Labute approximate surface area is 103 Å². The van der Waals surface area contributed by atoms with E-state index in [1.807, 2.05) is 13.0 Å². The fraction of sp³-hybridized carbons (Fsp3) is 0.667. The summed E-state index contributed by atoms with van der Waals surface area (Å²) in [6.45, 7) is 7.07. The van der Waals surface area contributed by atoms with E-state index in [1.54, 1.807) is 0 Å². The number of rotatable bonds is 6. The second kappa shape index (κ2) is 6.12. The van der Waals surface area contributed by atoms with Crippen molar-refractivity contribution in [1.82, 2.24) is 0 Å². The lowest BCUT2D eigenvalue weighted by Gasteiger charge is -2.19. The third-order valence-corrected chi connectivity index (χ3v) is 4.98. The molecule has 1 rings (SSSR count). The van der Waals surface area contributed by atoms with Crippen LogP contribution in [0, 0.1) is 5.92 Å². The fourth-order valence-corrected chi connectivity index (χ4v) is 3.41. The molecule has 1 atom stereocenters. The van der Waals surface area contributed by atoms with E-state index in [4.69, 9.17) is 4.43 Å². The molecule has 0 bridgehead atoms. The minimum absolute atomic E-state index is 0.218. The first-order valence-corrected chi connectivity index (χ1v) is 9.09. The Morgan fingerprint density at radius 3 is 2.65 bits per heavy atom. The van der Waals surface area contributed by atoms with Gasteiger partial charge in [0.2, 0.25) is 0 Å². The van der Waals surface area contributed by atoms with Crippen molar-refractivity contribution < 1.29 is 18.8 Å². The topological polar surface area (TPSA) is 52.6 Å². The van der Waals surface area contributed by atoms with Crippen LogP contribution >= 0.6 is 0 Å². The summed E-state index contributed by atoms with van der Waals surface area (Å²) in [4.78, 5) is 22.0. The number of carbonyl (C=O) groups excluding carboxylic acids is 2. The van der Waals surface area contributed by atoms with Crippen LogP contribution < -0.4 is 0 Å². The average molecular weight is 256 g/mol. The van der Waals surface area contributed by atoms with Crippen LogP contribution in [0.1, 0.15) is 19.8 Å². The van der Waals surface area contributed by atoms with Crippen molar-refractivity contribution in [2.75, 3.05) is 6.61 Å². The number of ether oxygens (including phenoxy) is 1. The van der Waals surface area contributed by atoms with Crippen LogP contribution in [0.2, 0.25) is 19.1 Å². The van der Waals surface area contributed by atoms with E-state index >= 15 is 0 Å². The zero-order valence-electron chi connectivity index (χ0n) is 10.7. The van der Waals surface area contributed by atoms with Crippen LogP contribution in [0.15, 0.2) is 12.2 Å². The third kappa shape index (κ3) is 4.83. The van der Waals surface area contributed by atoms with Gasteiger partial charge in [-0.05, 0) is 32.5 Å². The van der Waals surface area contributed by atoms with E-state index in [9.17, 15) is 9.59 Å². The lowest BCUT2D eigenvalue weighted by atomic mass is 10.0. The summed E-state index contributed by atoms with van der Waals surface area (Å²) in [6.07, 6.45) is 4.81. The third-order valence-electron chi connectivity index (χ3n) is 2.69. The summed E-state index contributed by atoms with van der Waals surface area (Å²) < 4.78 is 10.2. The Morgan fingerprint density at radius 1 is 1.41 bits per heavy atom. The second-order valence-corrected chi connectivity index (χ2v) is 9.01. The van der Waals surface area contributed by atoms with Gasteiger partial charge < -0.3 is 9.16 Å². The molecule has 1 aliphatic heterocycles. The standard InChI is InChI=1S/C12H20O4Si/c1-4-15-17(2,3)8-6-5-7-10-9-11(13)16-12(10)14/h5-6,10H,4,7-9H2,1-3H3. The SMILES string of the molecule is CCO[Si](C)(C)CC=CCC1CC(=O)OC1=O. The Bertz CT molecular complexity index is 322. The van der Waals surface area contributed by atoms with Crippen LogP contribution in [0.3, 0.4) is 0 Å². The van der Waals surface area contributed by atoms with Crippen LogP contribution in [-0.4, -0.2) is 26.9 Å². The largest absolute Gasteiger partial charge is 0.417 e. The number of carbonyl (C=O) groups is 2. The highest BCUT2D eigenvalue weighted by atomic mass is 28.4. The zero-order valence-corrected chi connectivity index (χ0v) is 11.7. The Morgan fingerprint density at radius 2 is 2.12 bits per heavy atom. The highest BCUT2D eigenvalue weighted by Gasteiger charge is 2.32. The Balaban J connectivity index is 2.31. The summed E-state index contributed by atoms with van der Waals surface area (Å²) in [6, 6.07) is 0.927. The first kappa shape index (κ1) is 14.1. The van der Waals surface area contributed by atoms with Crippen LogP contribution in [0.25, 0.3) is 0 Å². The van der Waals surface area contributed by atoms with Gasteiger partial charge in [0.15, 0.2) is 8.32 Å². The normalized spacial score (nSPS) is 21.2. The molecule has 0 amide bonds. The molecule has 96 valence electrons. The molecule has 0 aromatic rings. The number of hydrogen-bond donors (Lipinski definition) is 0. The lowest BCUT2D eigenvalue weighted by Crippen LogP contribution is -2.29. The van der Waals surface area contributed by atoms with Gasteiger partial charge in [-0.25, -0.2) is 0 Å². The smallest absolute Gasteiger partial charge is 0.317 e. The first-order valence-electron chi connectivity index (χ1n) is 5.98. The van der Waals surface area contributed by atoms with Gasteiger partial charge in [0, 0.05) is 6.61 Å². The van der Waals surface area contributed by atoms with Crippen LogP contribution in [0.4, 0.5) is 0 Å². The van der Waals surface area contributed by atoms with Crippen molar-refractivity contribution in [1.29, 1.82) is 0 Å². The molecule has 1 fully saturated rings. The molecule has 5 heteroatoms. The van der Waals surface area contributed by atoms with Crippen molar-refractivity contribution in [2.24, 2.45) is 5.92 Å². The maximum absolute atomic E-state index is 11.2. The minimum Gasteiger partial charge on any atom is -0.417 e. The summed E-state index contributed by atoms with van der Waals surface area (Å²) in [5.41, 5.74) is 0. The van der Waals surface area contributed by atoms with E-state index < -0.39 is 14.3 Å². The van der Waals surface area contributed by atoms with Gasteiger partial charge in [0.1, 0.15) is 0 Å². The number of esters is 2. The van der Waals surface area contributed by atoms with Gasteiger partial charge in [-0.2, -0.15) is 0 Å². The van der Waals surface area contributed by atoms with E-state index in [1.165, 1.54) is 0 Å². The van der Waals surface area contributed by atoms with E-state index in [0.29, 0.717) is 6.42 Å². The summed E-state index contributed by atoms with van der Waals surface area (Å²) in [7, 11) is -1.58. The molecule has 0 aromatic carbocycles. The van der Waals surface area contributed by atoms with Gasteiger partial charge in [-0.3, -0.25) is 9.59 Å². The van der Waals surface area contributed by atoms with Gasteiger partial charge >= 0.3 is 11.9 Å². The minimum atomic E-state index is -1.58. The molecule has 4 nitrogen and oxygen atoms in total. The van der Waals surface area contributed by atoms with E-state index in [-0.39, 0.29) is 18.3 Å².